The van der Waals surface area contributed by atoms with E-state index in [0.29, 0.717) is 6.42 Å². The van der Waals surface area contributed by atoms with E-state index in [4.69, 9.17) is 21.1 Å². The van der Waals surface area contributed by atoms with Gasteiger partial charge in [0.2, 0.25) is 0 Å². The molecule has 4 nitrogen and oxygen atoms in total. The van der Waals surface area contributed by atoms with Crippen LogP contribution in [-0.4, -0.2) is 18.0 Å². The van der Waals surface area contributed by atoms with E-state index in [2.05, 4.69) is 13.5 Å². The SMILES string of the molecule is C=CC(CCCCC)OC(=O)CCC(=O)Oc1c(F)cccc1Cl. The number of halogens is 2. The zero-order chi connectivity index (χ0) is 17.9. The van der Waals surface area contributed by atoms with E-state index in [9.17, 15) is 14.0 Å². The molecular formula is C18H22ClFO4. The summed E-state index contributed by atoms with van der Waals surface area (Å²) in [6.07, 6.45) is 4.61. The van der Waals surface area contributed by atoms with Gasteiger partial charge in [-0.05, 0) is 25.0 Å². The Labute approximate surface area is 146 Å². The predicted octanol–water partition coefficient (Wildman–Crippen LogP) is 4.84. The number of unbranched alkanes of at least 4 members (excludes halogenated alkanes) is 2. The first-order valence-electron chi connectivity index (χ1n) is 7.94. The van der Waals surface area contributed by atoms with Crippen LogP contribution in [0.15, 0.2) is 30.9 Å². The highest BCUT2D eigenvalue weighted by molar-refractivity contribution is 6.32. The first-order valence-corrected chi connectivity index (χ1v) is 8.32. The van der Waals surface area contributed by atoms with Crippen molar-refractivity contribution in [3.8, 4) is 5.75 Å². The fraction of sp³-hybridized carbons (Fsp3) is 0.444. The van der Waals surface area contributed by atoms with Gasteiger partial charge in [-0.2, -0.15) is 0 Å². The van der Waals surface area contributed by atoms with Gasteiger partial charge in [-0.3, -0.25) is 9.59 Å². The maximum Gasteiger partial charge on any atom is 0.311 e. The van der Waals surface area contributed by atoms with Crippen LogP contribution in [0.2, 0.25) is 5.02 Å². The maximum absolute atomic E-state index is 13.5. The van der Waals surface area contributed by atoms with Gasteiger partial charge in [0.1, 0.15) is 6.10 Å². The third kappa shape index (κ3) is 7.13. The number of ether oxygens (including phenoxy) is 2. The third-order valence-corrected chi connectivity index (χ3v) is 3.60. The van der Waals surface area contributed by atoms with Gasteiger partial charge in [0, 0.05) is 0 Å². The molecule has 0 saturated heterocycles. The summed E-state index contributed by atoms with van der Waals surface area (Å²) in [5, 5.41) is -0.00595. The quantitative estimate of drug-likeness (QED) is 0.260. The van der Waals surface area contributed by atoms with Crippen LogP contribution in [0.1, 0.15) is 45.4 Å². The van der Waals surface area contributed by atoms with Crippen molar-refractivity contribution in [2.75, 3.05) is 0 Å². The number of rotatable bonds is 10. The minimum atomic E-state index is -0.750. The van der Waals surface area contributed by atoms with Gasteiger partial charge in [-0.25, -0.2) is 4.39 Å². The average Bonchev–Trinajstić information content (AvgIpc) is 2.55. The Morgan fingerprint density at radius 1 is 1.29 bits per heavy atom. The molecule has 24 heavy (non-hydrogen) atoms. The highest BCUT2D eigenvalue weighted by Crippen LogP contribution is 2.27. The van der Waals surface area contributed by atoms with Crippen molar-refractivity contribution in [2.45, 2.75) is 51.6 Å². The Bertz CT molecular complexity index is 554. The minimum Gasteiger partial charge on any atom is -0.458 e. The van der Waals surface area contributed by atoms with Crippen molar-refractivity contribution in [1.82, 2.24) is 0 Å². The van der Waals surface area contributed by atoms with E-state index >= 15 is 0 Å². The Morgan fingerprint density at radius 3 is 2.62 bits per heavy atom. The Balaban J connectivity index is 2.40. The number of para-hydroxylation sites is 1. The minimum absolute atomic E-state index is 0.00595. The van der Waals surface area contributed by atoms with Gasteiger partial charge >= 0.3 is 11.9 Å². The summed E-state index contributed by atoms with van der Waals surface area (Å²) in [7, 11) is 0. The van der Waals surface area contributed by atoms with Crippen molar-refractivity contribution in [3.05, 3.63) is 41.7 Å². The van der Waals surface area contributed by atoms with E-state index in [0.717, 1.165) is 25.3 Å². The lowest BCUT2D eigenvalue weighted by molar-refractivity contribution is -0.149. The molecule has 0 aromatic heterocycles. The second kappa shape index (κ2) is 10.8. The molecule has 0 saturated carbocycles. The number of carbonyl (C=O) groups excluding carboxylic acids is 2. The van der Waals surface area contributed by atoms with E-state index in [1.54, 1.807) is 6.08 Å². The van der Waals surface area contributed by atoms with Gasteiger partial charge in [0.05, 0.1) is 17.9 Å². The molecule has 0 N–H and O–H groups in total. The van der Waals surface area contributed by atoms with Crippen LogP contribution in [-0.2, 0) is 14.3 Å². The van der Waals surface area contributed by atoms with Crippen LogP contribution in [0.25, 0.3) is 0 Å². The normalized spacial score (nSPS) is 11.6. The van der Waals surface area contributed by atoms with Gasteiger partial charge in [-0.15, -0.1) is 0 Å². The summed E-state index contributed by atoms with van der Waals surface area (Å²) in [4.78, 5) is 23.5. The first-order chi connectivity index (χ1) is 11.5. The summed E-state index contributed by atoms with van der Waals surface area (Å²) < 4.78 is 23.6. The molecule has 6 heteroatoms. The number of hydrogen-bond donors (Lipinski definition) is 0. The van der Waals surface area contributed by atoms with Crippen LogP contribution in [0.3, 0.4) is 0 Å². The van der Waals surface area contributed by atoms with Gasteiger partial charge in [0.15, 0.2) is 11.6 Å². The Hall–Kier alpha value is -1.88. The molecule has 132 valence electrons. The van der Waals surface area contributed by atoms with E-state index in [1.165, 1.54) is 12.1 Å². The lowest BCUT2D eigenvalue weighted by Gasteiger charge is -2.13. The van der Waals surface area contributed by atoms with Crippen LogP contribution in [0, 0.1) is 5.82 Å². The van der Waals surface area contributed by atoms with Crippen molar-refractivity contribution in [3.63, 3.8) is 0 Å². The molecule has 0 fully saturated rings. The molecule has 0 aliphatic heterocycles. The molecule has 1 aromatic carbocycles. The molecule has 1 atom stereocenters. The standard InChI is InChI=1S/C18H22ClFO4/c1-3-5-6-8-13(4-2)23-16(21)11-12-17(22)24-18-14(19)9-7-10-15(18)20/h4,7,9-10,13H,2-3,5-6,8,11-12H2,1H3. The van der Waals surface area contributed by atoms with Crippen molar-refractivity contribution in [2.24, 2.45) is 0 Å². The topological polar surface area (TPSA) is 52.6 Å². The van der Waals surface area contributed by atoms with E-state index < -0.39 is 17.8 Å². The Kier molecular flexibility index (Phi) is 9.08. The van der Waals surface area contributed by atoms with Crippen molar-refractivity contribution >= 4 is 23.5 Å². The van der Waals surface area contributed by atoms with Gasteiger partial charge < -0.3 is 9.47 Å². The largest absolute Gasteiger partial charge is 0.458 e. The molecule has 0 heterocycles. The predicted molar refractivity (Wildman–Crippen MR) is 90.5 cm³/mol. The number of carbonyl (C=O) groups is 2. The number of esters is 2. The zero-order valence-corrected chi connectivity index (χ0v) is 14.5. The second-order valence-electron chi connectivity index (χ2n) is 5.28. The fourth-order valence-electron chi connectivity index (χ4n) is 2.00. The molecule has 0 aliphatic rings. The highest BCUT2D eigenvalue weighted by atomic mass is 35.5. The molecule has 0 bridgehead atoms. The van der Waals surface area contributed by atoms with Crippen LogP contribution in [0.5, 0.6) is 5.75 Å². The summed E-state index contributed by atoms with van der Waals surface area (Å²) in [5.74, 6) is -2.34. The maximum atomic E-state index is 13.5. The Morgan fingerprint density at radius 2 is 2.00 bits per heavy atom. The van der Waals surface area contributed by atoms with Crippen LogP contribution < -0.4 is 4.74 Å². The smallest absolute Gasteiger partial charge is 0.311 e. The summed E-state index contributed by atoms with van der Waals surface area (Å²) in [6.45, 7) is 5.72. The molecule has 0 aliphatic carbocycles. The third-order valence-electron chi connectivity index (χ3n) is 3.31. The first kappa shape index (κ1) is 20.2. The number of benzene rings is 1. The van der Waals surface area contributed by atoms with Crippen molar-refractivity contribution in [1.29, 1.82) is 0 Å². The fourth-order valence-corrected chi connectivity index (χ4v) is 2.20. The summed E-state index contributed by atoms with van der Waals surface area (Å²) in [5.41, 5.74) is 0. The second-order valence-corrected chi connectivity index (χ2v) is 5.69. The van der Waals surface area contributed by atoms with E-state index in [-0.39, 0.29) is 29.7 Å². The lowest BCUT2D eigenvalue weighted by Crippen LogP contribution is -2.18. The average molecular weight is 357 g/mol. The molecule has 1 rings (SSSR count). The van der Waals surface area contributed by atoms with Crippen molar-refractivity contribution < 1.29 is 23.5 Å². The molecule has 1 unspecified atom stereocenters. The van der Waals surface area contributed by atoms with E-state index in [1.807, 2.05) is 0 Å². The van der Waals surface area contributed by atoms with Crippen LogP contribution >= 0.6 is 11.6 Å². The van der Waals surface area contributed by atoms with Crippen LogP contribution in [0.4, 0.5) is 4.39 Å². The summed E-state index contributed by atoms with van der Waals surface area (Å²) in [6, 6.07) is 3.95. The molecule has 0 radical (unpaired) electrons. The monoisotopic (exact) mass is 356 g/mol. The lowest BCUT2D eigenvalue weighted by atomic mass is 10.1. The molecule has 1 aromatic rings. The molecule has 0 amide bonds. The van der Waals surface area contributed by atoms with Gasteiger partial charge in [0.25, 0.3) is 0 Å². The number of hydrogen-bond acceptors (Lipinski definition) is 4. The molecular weight excluding hydrogens is 335 g/mol. The highest BCUT2D eigenvalue weighted by Gasteiger charge is 2.16. The summed E-state index contributed by atoms with van der Waals surface area (Å²) >= 11 is 5.76. The van der Waals surface area contributed by atoms with Gasteiger partial charge in [-0.1, -0.05) is 50.1 Å². The zero-order valence-electron chi connectivity index (χ0n) is 13.7. The molecule has 0 spiro atoms.